The number of nitrogens with two attached hydrogens (primary N) is 1. The van der Waals surface area contributed by atoms with Crippen LogP contribution in [-0.2, 0) is 6.42 Å². The molecule has 0 radical (unpaired) electrons. The van der Waals surface area contributed by atoms with Gasteiger partial charge in [0.05, 0.1) is 6.61 Å². The summed E-state index contributed by atoms with van der Waals surface area (Å²) in [6.45, 7) is 0.0779. The molecule has 0 bridgehead atoms. The number of aliphatic hydroxyl groups is 1. The predicted molar refractivity (Wildman–Crippen MR) is 98.7 cm³/mol. The Kier molecular flexibility index (Phi) is 5.35. The molecule has 1 aliphatic rings. The summed E-state index contributed by atoms with van der Waals surface area (Å²) >= 11 is 0. The molecule has 0 heterocycles. The van der Waals surface area contributed by atoms with E-state index in [1.165, 1.54) is 11.1 Å². The van der Waals surface area contributed by atoms with Crippen LogP contribution in [-0.4, -0.2) is 17.3 Å². The molecule has 2 nitrogen and oxygen atoms in total. The summed E-state index contributed by atoms with van der Waals surface area (Å²) in [5.74, 6) is 6.96. The first-order valence-electron chi connectivity index (χ1n) is 8.71. The van der Waals surface area contributed by atoms with E-state index in [9.17, 15) is 5.11 Å². The molecule has 2 aromatic rings. The second kappa shape index (κ2) is 7.66. The summed E-state index contributed by atoms with van der Waals surface area (Å²) in [5.41, 5.74) is 9.49. The van der Waals surface area contributed by atoms with E-state index in [1.54, 1.807) is 0 Å². The van der Waals surface area contributed by atoms with Gasteiger partial charge in [0.25, 0.3) is 0 Å². The lowest BCUT2D eigenvalue weighted by Gasteiger charge is -2.20. The third kappa shape index (κ3) is 4.26. The van der Waals surface area contributed by atoms with Gasteiger partial charge in [-0.2, -0.15) is 0 Å². The van der Waals surface area contributed by atoms with Gasteiger partial charge in [0, 0.05) is 17.5 Å². The molecule has 1 aliphatic carbocycles. The third-order valence-electron chi connectivity index (χ3n) is 4.95. The van der Waals surface area contributed by atoms with E-state index in [1.807, 2.05) is 6.07 Å². The Morgan fingerprint density at radius 3 is 2.50 bits per heavy atom. The van der Waals surface area contributed by atoms with Gasteiger partial charge in [0.2, 0.25) is 0 Å². The first-order chi connectivity index (χ1) is 11.7. The van der Waals surface area contributed by atoms with Crippen LogP contribution in [0.25, 0.3) is 0 Å². The van der Waals surface area contributed by atoms with Crippen LogP contribution in [0.15, 0.2) is 54.6 Å². The number of aliphatic hydroxyl groups excluding tert-OH is 1. The number of benzene rings is 2. The summed E-state index contributed by atoms with van der Waals surface area (Å²) in [7, 11) is 0. The van der Waals surface area contributed by atoms with Gasteiger partial charge in [0.1, 0.15) is 0 Å². The lowest BCUT2D eigenvalue weighted by molar-refractivity contribution is 0.198. The quantitative estimate of drug-likeness (QED) is 0.845. The fourth-order valence-electron chi connectivity index (χ4n) is 3.44. The molecule has 2 atom stereocenters. The van der Waals surface area contributed by atoms with Crippen molar-refractivity contribution in [1.82, 2.24) is 0 Å². The van der Waals surface area contributed by atoms with E-state index < -0.39 is 0 Å². The van der Waals surface area contributed by atoms with Crippen molar-refractivity contribution >= 4 is 0 Å². The number of hydrogen-bond donors (Lipinski definition) is 2. The van der Waals surface area contributed by atoms with Crippen molar-refractivity contribution < 1.29 is 5.11 Å². The first kappa shape index (κ1) is 16.8. The van der Waals surface area contributed by atoms with Crippen LogP contribution < -0.4 is 5.73 Å². The number of hydrogen-bond acceptors (Lipinski definition) is 2. The molecule has 0 spiro atoms. The zero-order chi connectivity index (χ0) is 16.8. The van der Waals surface area contributed by atoms with Crippen molar-refractivity contribution in [2.24, 2.45) is 5.73 Å². The van der Waals surface area contributed by atoms with Gasteiger partial charge in [-0.3, -0.25) is 0 Å². The third-order valence-corrected chi connectivity index (χ3v) is 4.95. The molecule has 24 heavy (non-hydrogen) atoms. The standard InChI is InChI=1S/C22H25NO/c23-22(17-24)15-14-21(16-22)20-12-10-19(11-13-20)9-5-4-8-18-6-2-1-3-7-18/h1-3,6-7,10-13,21,24H,4,8,14-17,23H2/t21-,22+/m1/s1. The Morgan fingerprint density at radius 2 is 1.83 bits per heavy atom. The number of aryl methyl sites for hydroxylation is 1. The van der Waals surface area contributed by atoms with Gasteiger partial charge in [-0.05, 0) is 54.9 Å². The van der Waals surface area contributed by atoms with Crippen LogP contribution in [0, 0.1) is 11.8 Å². The summed E-state index contributed by atoms with van der Waals surface area (Å²) in [4.78, 5) is 0. The molecule has 0 amide bonds. The van der Waals surface area contributed by atoms with Gasteiger partial charge in [-0.15, -0.1) is 0 Å². The Balaban J connectivity index is 1.55. The van der Waals surface area contributed by atoms with Crippen molar-refractivity contribution in [3.05, 3.63) is 71.3 Å². The normalized spacial score (nSPS) is 22.8. The van der Waals surface area contributed by atoms with Gasteiger partial charge < -0.3 is 10.8 Å². The maximum absolute atomic E-state index is 9.39. The van der Waals surface area contributed by atoms with Crippen LogP contribution >= 0.6 is 0 Å². The highest BCUT2D eigenvalue weighted by Crippen LogP contribution is 2.39. The van der Waals surface area contributed by atoms with Gasteiger partial charge in [-0.25, -0.2) is 0 Å². The molecule has 3 N–H and O–H groups in total. The van der Waals surface area contributed by atoms with Crippen LogP contribution in [0.4, 0.5) is 0 Å². The predicted octanol–water partition coefficient (Wildman–Crippen LogP) is 3.63. The molecule has 2 heteroatoms. The van der Waals surface area contributed by atoms with Crippen molar-refractivity contribution in [2.45, 2.75) is 43.6 Å². The van der Waals surface area contributed by atoms with E-state index in [-0.39, 0.29) is 12.1 Å². The van der Waals surface area contributed by atoms with Gasteiger partial charge in [0.15, 0.2) is 0 Å². The smallest absolute Gasteiger partial charge is 0.0611 e. The molecule has 2 aromatic carbocycles. The average Bonchev–Trinajstić information content (AvgIpc) is 3.03. The molecule has 1 fully saturated rings. The average molecular weight is 319 g/mol. The zero-order valence-corrected chi connectivity index (χ0v) is 14.0. The number of rotatable bonds is 4. The lowest BCUT2D eigenvalue weighted by Crippen LogP contribution is -2.40. The van der Waals surface area contributed by atoms with Gasteiger partial charge >= 0.3 is 0 Å². The summed E-state index contributed by atoms with van der Waals surface area (Å²) in [6, 6.07) is 19.0. The van der Waals surface area contributed by atoms with Crippen molar-refractivity contribution in [1.29, 1.82) is 0 Å². The molecule has 0 saturated heterocycles. The molecule has 124 valence electrons. The maximum atomic E-state index is 9.39. The van der Waals surface area contributed by atoms with Crippen LogP contribution in [0.5, 0.6) is 0 Å². The highest BCUT2D eigenvalue weighted by atomic mass is 16.3. The van der Waals surface area contributed by atoms with Gasteiger partial charge in [-0.1, -0.05) is 54.3 Å². The zero-order valence-electron chi connectivity index (χ0n) is 14.0. The van der Waals surface area contributed by atoms with Crippen molar-refractivity contribution in [3.63, 3.8) is 0 Å². The minimum atomic E-state index is -0.388. The van der Waals surface area contributed by atoms with E-state index in [0.29, 0.717) is 5.92 Å². The van der Waals surface area contributed by atoms with E-state index in [2.05, 4.69) is 60.4 Å². The lowest BCUT2D eigenvalue weighted by atomic mass is 9.93. The molecule has 1 saturated carbocycles. The SMILES string of the molecule is N[C@@]1(CO)CC[C@@H](c2ccc(C#CCCc3ccccc3)cc2)C1. The maximum Gasteiger partial charge on any atom is 0.0611 e. The van der Waals surface area contributed by atoms with E-state index >= 15 is 0 Å². The highest BCUT2D eigenvalue weighted by Gasteiger charge is 2.35. The summed E-state index contributed by atoms with van der Waals surface area (Å²) in [6.07, 6.45) is 4.69. The van der Waals surface area contributed by atoms with Crippen LogP contribution in [0.3, 0.4) is 0 Å². The monoisotopic (exact) mass is 319 g/mol. The first-order valence-corrected chi connectivity index (χ1v) is 8.71. The fraction of sp³-hybridized carbons (Fsp3) is 0.364. The van der Waals surface area contributed by atoms with Crippen molar-refractivity contribution in [3.8, 4) is 11.8 Å². The Bertz CT molecular complexity index is 711. The van der Waals surface area contributed by atoms with Crippen LogP contribution in [0.1, 0.15) is 48.3 Å². The minimum absolute atomic E-state index is 0.0779. The van der Waals surface area contributed by atoms with Crippen molar-refractivity contribution in [2.75, 3.05) is 6.61 Å². The second-order valence-corrected chi connectivity index (χ2v) is 6.87. The van der Waals surface area contributed by atoms with Crippen LogP contribution in [0.2, 0.25) is 0 Å². The topological polar surface area (TPSA) is 46.2 Å². The van der Waals surface area contributed by atoms with E-state index in [0.717, 1.165) is 37.7 Å². The Hall–Kier alpha value is -2.08. The Morgan fingerprint density at radius 1 is 1.08 bits per heavy atom. The summed E-state index contributed by atoms with van der Waals surface area (Å²) in [5, 5.41) is 9.39. The fourth-order valence-corrected chi connectivity index (χ4v) is 3.44. The summed E-state index contributed by atoms with van der Waals surface area (Å²) < 4.78 is 0. The molecule has 0 aromatic heterocycles. The largest absolute Gasteiger partial charge is 0.394 e. The minimum Gasteiger partial charge on any atom is -0.394 e. The molecule has 0 aliphatic heterocycles. The van der Waals surface area contributed by atoms with E-state index in [4.69, 9.17) is 5.73 Å². The molecular formula is C22H25NO. The molecular weight excluding hydrogens is 294 g/mol. The highest BCUT2D eigenvalue weighted by molar-refractivity contribution is 5.37. The molecule has 3 rings (SSSR count). The Labute approximate surface area is 144 Å². The second-order valence-electron chi connectivity index (χ2n) is 6.87. The molecule has 0 unspecified atom stereocenters.